The first-order valence-electron chi connectivity index (χ1n) is 50.8. The molecule has 18 aliphatic carbocycles. The highest BCUT2D eigenvalue weighted by molar-refractivity contribution is 6.30. The predicted molar refractivity (Wildman–Crippen MR) is 485 cm³/mol. The van der Waals surface area contributed by atoms with Gasteiger partial charge in [0.05, 0.1) is 83.7 Å². The fourth-order valence-electron chi connectivity index (χ4n) is 36.5. The lowest BCUT2D eigenvalue weighted by molar-refractivity contribution is -0.191. The molecule has 38 atom stereocenters. The van der Waals surface area contributed by atoms with Gasteiger partial charge in [-0.3, -0.25) is 33.2 Å². The topological polar surface area (TPSA) is 255 Å². The molecule has 128 heavy (non-hydrogen) atoms. The molecule has 0 spiro atoms. The number of ketones is 3. The molecule has 3 aromatic heterocycles. The Morgan fingerprint density at radius 1 is 0.484 bits per heavy atom. The number of para-hydroxylation sites is 1. The minimum atomic E-state index is -4.41. The molecule has 4 aromatic rings. The molecule has 3 heterocycles. The monoisotopic (exact) mass is 1780 g/mol. The van der Waals surface area contributed by atoms with Crippen LogP contribution >= 0.6 is 11.6 Å². The molecule has 0 radical (unpaired) electrons. The van der Waals surface area contributed by atoms with E-state index in [9.17, 15) is 52.8 Å². The third-order valence-electron chi connectivity index (χ3n) is 41.0. The van der Waals surface area contributed by atoms with Gasteiger partial charge in [-0.1, -0.05) is 71.3 Å². The second-order valence-corrected chi connectivity index (χ2v) is 49.4. The Hall–Kier alpha value is -5.81. The number of hydrogen-bond acceptors (Lipinski definition) is 13. The van der Waals surface area contributed by atoms with Crippen molar-refractivity contribution in [3.05, 3.63) is 89.5 Å². The first-order chi connectivity index (χ1) is 60.7. The average molecular weight is 1780 g/mol. The highest BCUT2D eigenvalue weighted by Crippen LogP contribution is 2.78. The van der Waals surface area contributed by atoms with Crippen LogP contribution in [-0.4, -0.2) is 114 Å². The molecule has 1 aromatic carbocycles. The van der Waals surface area contributed by atoms with Crippen LogP contribution in [0.5, 0.6) is 0 Å². The van der Waals surface area contributed by atoms with Crippen LogP contribution in [0.15, 0.2) is 67.5 Å². The maximum Gasteiger partial charge on any atom is 0.392 e. The van der Waals surface area contributed by atoms with Gasteiger partial charge < -0.3 is 31.1 Å². The van der Waals surface area contributed by atoms with Crippen molar-refractivity contribution >= 4 is 46.2 Å². The van der Waals surface area contributed by atoms with Crippen molar-refractivity contribution in [1.82, 2.24) is 34.7 Å². The molecule has 7 unspecified atom stereocenters. The van der Waals surface area contributed by atoms with Gasteiger partial charge in [0, 0.05) is 60.0 Å². The number of nitrogens with zero attached hydrogens (tertiary/aromatic N) is 8. The van der Waals surface area contributed by atoms with Gasteiger partial charge >= 0.3 is 6.18 Å². The maximum absolute atomic E-state index is 14.3. The zero-order valence-electron chi connectivity index (χ0n) is 78.0. The number of Topliss-reactive ketones (excluding diaryl/α,β-unsaturated/α-hetero) is 3. The largest absolute Gasteiger partial charge is 0.392 e. The lowest BCUT2D eigenvalue weighted by Gasteiger charge is -2.57. The number of nitriles is 1. The van der Waals surface area contributed by atoms with Crippen LogP contribution in [-0.2, 0) is 38.8 Å². The number of halogens is 4. The number of carbonyl (C=O) groups excluding carboxylic acids is 4. The maximum atomic E-state index is 14.3. The van der Waals surface area contributed by atoms with Crippen LogP contribution in [0.25, 0.3) is 4.85 Å². The number of benzene rings is 1. The van der Waals surface area contributed by atoms with E-state index in [4.69, 9.17) is 23.4 Å². The summed E-state index contributed by atoms with van der Waals surface area (Å²) in [6, 6.07) is 12.9. The van der Waals surface area contributed by atoms with Crippen molar-refractivity contribution < 1.29 is 52.8 Å². The highest BCUT2D eigenvalue weighted by atomic mass is 35.5. The van der Waals surface area contributed by atoms with E-state index in [2.05, 4.69) is 78.4 Å². The number of carbonyl (C=O) groups is 4. The SMILES string of the molecule is CC(C)NC1C[C@H](C(=O)Cn2cc(C#N)cn2)[C@@]2(C)CC[C@H]3[C@@H](CC[C@@H]4C[C@](C)(O)CC[C@@H]43)[C@H]12.C[C@@]1(O)CC[C@H]2[C@H](CC[C@@H]3[C@@H]2CC[C@@]2(C)[C@H]3[C@@H]3C[C@@H]3[C@@H]2C(=O)Cn2cc(Cl)cn2)C1.C[C@@]1(O)CC[C@H]2[C@H](CC[C@@H]3[C@@H]2CC[C@]2(C)[C@@H](C(=O)Nc4ccccc4)C4CC4[C@@H]32)C1.[C-]#[N+]c1cnn(CC(=O)C2[C@@H](C(F)(F)F)CC3C4CC[C@@H]5C[C@](C)(O)CC[C@@H]5C4CC[C@@]32C)c1. The highest BCUT2D eigenvalue weighted by Gasteiger charge is 2.74. The third-order valence-corrected chi connectivity index (χ3v) is 41.2. The van der Waals surface area contributed by atoms with Crippen LogP contribution in [0.2, 0.25) is 5.02 Å². The van der Waals surface area contributed by atoms with E-state index < -0.39 is 51.6 Å². The summed E-state index contributed by atoms with van der Waals surface area (Å²) in [6.07, 6.45) is 38.9. The van der Waals surface area contributed by atoms with Gasteiger partial charge in [0.2, 0.25) is 11.6 Å². The molecule has 6 N–H and O–H groups in total. The lowest BCUT2D eigenvalue weighted by Crippen LogP contribution is -2.54. The number of fused-ring (bicyclic) bond motifs is 24. The molecule has 18 saturated carbocycles. The normalized spacial score (nSPS) is 47.3. The first kappa shape index (κ1) is 91.3. The van der Waals surface area contributed by atoms with E-state index in [1.807, 2.05) is 58.0 Å². The number of aliphatic hydroxyl groups is 4. The molecule has 22 heteroatoms. The van der Waals surface area contributed by atoms with Gasteiger partial charge in [-0.05, 0) is 409 Å². The molecule has 18 nitrogen and oxygen atoms in total. The number of rotatable bonds is 13. The summed E-state index contributed by atoms with van der Waals surface area (Å²) in [4.78, 5) is 57.2. The second-order valence-electron chi connectivity index (χ2n) is 49.0. The fraction of sp³-hybridized carbons (Fsp3) is 0.802. The van der Waals surface area contributed by atoms with Crippen LogP contribution in [0.4, 0.5) is 24.5 Å². The summed E-state index contributed by atoms with van der Waals surface area (Å²) in [5, 5.41) is 71.9. The third kappa shape index (κ3) is 16.8. The Morgan fingerprint density at radius 2 is 0.906 bits per heavy atom. The summed E-state index contributed by atoms with van der Waals surface area (Å²) in [5.74, 6) is 13.8. The Labute approximate surface area is 763 Å². The van der Waals surface area contributed by atoms with E-state index in [1.54, 1.807) is 34.2 Å². The molecule has 22 rings (SSSR count). The number of nitrogens with one attached hydrogen (secondary N) is 2. The summed E-state index contributed by atoms with van der Waals surface area (Å²) in [5.41, 5.74) is -0.557. The standard InChI is InChI=1S/C28H42N4O2.C27H37NO2.C26H34F3N3O2.C25H35ClN2O2/c1-17(2)31-24-11-23(25(33)16-32-15-18(13-29)14-30-32)28(4)10-8-21-20-7-9-27(3,34)12-19(20)5-6-22(21)26(24)28;1-26(30)12-10-18-16(15-26)8-9-20-19(18)11-13-27(2)23(20)21-14-22(21)24(27)25(29)28-17-6-4-3-5-7-17;1-24(34)8-6-17-15(11-24)4-5-19-18(17)7-9-25(2)20(19)10-21(26(27,28)29)23(25)22(33)14-32-13-16(30-3)12-31-32;1-24(30)7-5-16-14(10-24)3-4-18-17(16)6-8-25(2)22(18)19-9-20(19)23(25)21(29)13-28-12-15(26)11-27-28/h14-15,17,19-24,26,31,34H,5-12,16H2,1-4H3;3-7,16,18-24,30H,8-15H2,1-2H3,(H,28,29);12-13,15,17-21,23,34H,4-11,14H2,1-2H3;11-12,14,16-20,22-23,30H,3-10,13H2,1-2H3/t19-,20+,21-,22-,23-,24?,26-,27-,28-;16-,18+,19-,20-,21?,22?,23-,24-,26-,27+;15-,17+,18?,19?,20?,21+,23?,24-,25+;14-,16+,17-,18-,19-,20+,22-,23-,24-,25+/m1111/s1. The van der Waals surface area contributed by atoms with Crippen LogP contribution in [0, 0.1) is 211 Å². The molecule has 0 aliphatic heterocycles. The van der Waals surface area contributed by atoms with Gasteiger partial charge in [0.15, 0.2) is 17.3 Å². The van der Waals surface area contributed by atoms with Crippen LogP contribution < -0.4 is 10.6 Å². The minimum absolute atomic E-state index is 0.0169. The van der Waals surface area contributed by atoms with Crippen molar-refractivity contribution in [2.75, 3.05) is 5.32 Å². The van der Waals surface area contributed by atoms with E-state index in [0.717, 1.165) is 185 Å². The smallest absolute Gasteiger partial charge is 0.390 e. The van der Waals surface area contributed by atoms with E-state index in [0.29, 0.717) is 88.8 Å². The summed E-state index contributed by atoms with van der Waals surface area (Å²) < 4.78 is 47.6. The Balaban J connectivity index is 0.000000111. The quantitative estimate of drug-likeness (QED) is 0.0682. The lowest BCUT2D eigenvalue weighted by atomic mass is 9.48. The van der Waals surface area contributed by atoms with Crippen molar-refractivity contribution in [2.24, 2.45) is 193 Å². The van der Waals surface area contributed by atoms with E-state index in [1.165, 1.54) is 113 Å². The molecule has 0 bridgehead atoms. The van der Waals surface area contributed by atoms with E-state index >= 15 is 0 Å². The summed E-state index contributed by atoms with van der Waals surface area (Å²) >= 11 is 6.02. The average Bonchev–Trinajstić information content (AvgIpc) is 1.52. The Kier molecular flexibility index (Phi) is 24.2. The van der Waals surface area contributed by atoms with Crippen molar-refractivity contribution in [1.29, 1.82) is 5.26 Å². The summed E-state index contributed by atoms with van der Waals surface area (Å²) in [7, 11) is 0. The molecule has 18 aliphatic rings. The molecule has 698 valence electrons. The van der Waals surface area contributed by atoms with Gasteiger partial charge in [-0.25, -0.2) is 4.85 Å². The molecular weight excluding hydrogens is 1630 g/mol. The van der Waals surface area contributed by atoms with Gasteiger partial charge in [0.1, 0.15) is 6.07 Å². The zero-order valence-corrected chi connectivity index (χ0v) is 78.8. The van der Waals surface area contributed by atoms with Crippen LogP contribution in [0.3, 0.4) is 0 Å². The zero-order chi connectivity index (χ0) is 90.2. The molecular formula is C106H148ClF3N10O8. The van der Waals surface area contributed by atoms with Gasteiger partial charge in [0.25, 0.3) is 0 Å². The van der Waals surface area contributed by atoms with Crippen molar-refractivity contribution in [3.63, 3.8) is 0 Å². The number of anilines is 1. The van der Waals surface area contributed by atoms with Gasteiger partial charge in [-0.2, -0.15) is 33.7 Å². The number of amides is 1. The van der Waals surface area contributed by atoms with Crippen molar-refractivity contribution in [2.45, 2.75) is 335 Å². The van der Waals surface area contributed by atoms with Crippen molar-refractivity contribution in [3.8, 4) is 6.07 Å². The molecule has 1 amide bonds. The van der Waals surface area contributed by atoms with E-state index in [-0.39, 0.29) is 82.7 Å². The molecule has 0 saturated heterocycles. The Bertz CT molecular complexity index is 4850. The van der Waals surface area contributed by atoms with Crippen LogP contribution in [0.1, 0.15) is 280 Å². The fourth-order valence-corrected chi connectivity index (χ4v) is 36.6. The molecule has 18 fully saturated rings. The Morgan fingerprint density at radius 3 is 1.38 bits per heavy atom. The number of alkyl halides is 3. The first-order valence-corrected chi connectivity index (χ1v) is 51.2. The summed E-state index contributed by atoms with van der Waals surface area (Å²) in [6.45, 7) is 29.2. The second kappa shape index (κ2) is 33.9. The number of aromatic nitrogens is 6. The minimum Gasteiger partial charge on any atom is -0.390 e. The number of hydrogen-bond donors (Lipinski definition) is 6. The predicted octanol–water partition coefficient (Wildman–Crippen LogP) is 20.6. The van der Waals surface area contributed by atoms with Gasteiger partial charge in [-0.15, -0.1) is 0 Å².